The average molecular weight is 275 g/mol. The third-order valence-electron chi connectivity index (χ3n) is 6.78. The van der Waals surface area contributed by atoms with Crippen molar-refractivity contribution in [3.05, 3.63) is 0 Å². The van der Waals surface area contributed by atoms with Gasteiger partial charge in [-0.2, -0.15) is 0 Å². The maximum Gasteiger partial charge on any atom is 0.223 e. The lowest BCUT2D eigenvalue weighted by molar-refractivity contribution is -0.128. The van der Waals surface area contributed by atoms with Gasteiger partial charge in [0.1, 0.15) is 0 Å². The van der Waals surface area contributed by atoms with Gasteiger partial charge < -0.3 is 5.32 Å². The second kappa shape index (κ2) is 5.03. The molecular formula is C18H29NO. The maximum atomic E-state index is 12.4. The molecule has 0 heterocycles. The topological polar surface area (TPSA) is 29.1 Å². The Kier molecular flexibility index (Phi) is 3.31. The van der Waals surface area contributed by atoms with Gasteiger partial charge in [-0.15, -0.1) is 0 Å². The fraction of sp³-hybridized carbons (Fsp3) is 0.944. The van der Waals surface area contributed by atoms with Gasteiger partial charge >= 0.3 is 0 Å². The lowest BCUT2D eigenvalue weighted by Gasteiger charge is -2.57. The number of nitrogens with one attached hydrogen (secondary N) is 1. The lowest BCUT2D eigenvalue weighted by atomic mass is 9.49. The molecule has 0 aromatic carbocycles. The Morgan fingerprint density at radius 3 is 2.00 bits per heavy atom. The maximum absolute atomic E-state index is 12.4. The summed E-state index contributed by atoms with van der Waals surface area (Å²) in [6.45, 7) is 0.992. The van der Waals surface area contributed by atoms with Crippen LogP contribution >= 0.6 is 0 Å². The summed E-state index contributed by atoms with van der Waals surface area (Å²) in [4.78, 5) is 12.4. The number of carbonyl (C=O) groups is 1. The Morgan fingerprint density at radius 2 is 1.45 bits per heavy atom. The molecule has 5 fully saturated rings. The zero-order valence-electron chi connectivity index (χ0n) is 12.7. The molecule has 2 heteroatoms. The van der Waals surface area contributed by atoms with Crippen molar-refractivity contribution < 1.29 is 4.79 Å². The van der Waals surface area contributed by atoms with E-state index >= 15 is 0 Å². The van der Waals surface area contributed by atoms with Crippen molar-refractivity contribution in [2.24, 2.45) is 29.1 Å². The molecule has 0 aromatic rings. The summed E-state index contributed by atoms with van der Waals surface area (Å²) in [6.07, 6.45) is 14.8. The molecule has 20 heavy (non-hydrogen) atoms. The predicted molar refractivity (Wildman–Crippen MR) is 80.2 cm³/mol. The number of hydrogen-bond acceptors (Lipinski definition) is 1. The van der Waals surface area contributed by atoms with Crippen molar-refractivity contribution >= 4 is 5.91 Å². The minimum absolute atomic E-state index is 0.331. The van der Waals surface area contributed by atoms with E-state index in [0.717, 1.165) is 37.1 Å². The third kappa shape index (κ3) is 2.40. The van der Waals surface area contributed by atoms with Crippen molar-refractivity contribution in [2.75, 3.05) is 6.54 Å². The second-order valence-corrected chi connectivity index (χ2v) is 8.47. The van der Waals surface area contributed by atoms with Crippen LogP contribution in [0.5, 0.6) is 0 Å². The molecule has 5 aliphatic carbocycles. The van der Waals surface area contributed by atoms with Gasteiger partial charge in [0.15, 0.2) is 0 Å². The van der Waals surface area contributed by atoms with E-state index in [1.54, 1.807) is 0 Å². The molecule has 5 aliphatic rings. The largest absolute Gasteiger partial charge is 0.355 e. The molecule has 5 saturated carbocycles. The summed E-state index contributed by atoms with van der Waals surface area (Å²) >= 11 is 0. The molecule has 1 amide bonds. The number of hydrogen-bond donors (Lipinski definition) is 1. The molecule has 2 nitrogen and oxygen atoms in total. The highest BCUT2D eigenvalue weighted by Gasteiger charge is 2.50. The highest BCUT2D eigenvalue weighted by Crippen LogP contribution is 2.59. The standard InChI is InChI=1S/C18H29NO/c20-17(16-4-2-1-3-5-16)19-12-18-9-13-6-14(10-18)8-15(7-13)11-18/h13-16H,1-12H2,(H,19,20). The first-order valence-corrected chi connectivity index (χ1v) is 9.00. The minimum Gasteiger partial charge on any atom is -0.355 e. The van der Waals surface area contributed by atoms with Gasteiger partial charge in [-0.05, 0) is 74.5 Å². The summed E-state index contributed by atoms with van der Waals surface area (Å²) in [7, 11) is 0. The van der Waals surface area contributed by atoms with E-state index < -0.39 is 0 Å². The zero-order chi connectivity index (χ0) is 13.6. The Morgan fingerprint density at radius 1 is 0.900 bits per heavy atom. The normalized spacial score (nSPS) is 43.7. The highest BCUT2D eigenvalue weighted by molar-refractivity contribution is 5.78. The summed E-state index contributed by atoms with van der Waals surface area (Å²) in [5.74, 6) is 3.69. The van der Waals surface area contributed by atoms with Crippen molar-refractivity contribution in [3.63, 3.8) is 0 Å². The molecule has 0 aromatic heterocycles. The van der Waals surface area contributed by atoms with Crippen LogP contribution in [0.25, 0.3) is 0 Å². The van der Waals surface area contributed by atoms with Crippen molar-refractivity contribution in [1.29, 1.82) is 0 Å². The van der Waals surface area contributed by atoms with Gasteiger partial charge in [0.25, 0.3) is 0 Å². The van der Waals surface area contributed by atoms with Gasteiger partial charge in [0.2, 0.25) is 5.91 Å². The Labute approximate surface area is 123 Å². The first-order chi connectivity index (χ1) is 9.72. The minimum atomic E-state index is 0.331. The van der Waals surface area contributed by atoms with Crippen LogP contribution in [-0.2, 0) is 4.79 Å². The van der Waals surface area contributed by atoms with Gasteiger partial charge in [0, 0.05) is 12.5 Å². The van der Waals surface area contributed by atoms with Crippen molar-refractivity contribution in [1.82, 2.24) is 5.32 Å². The summed E-state index contributed by atoms with van der Waals surface area (Å²) in [5.41, 5.74) is 0.499. The third-order valence-corrected chi connectivity index (χ3v) is 6.78. The van der Waals surface area contributed by atoms with Crippen molar-refractivity contribution in [3.8, 4) is 0 Å². The molecule has 1 N–H and O–H groups in total. The van der Waals surface area contributed by atoms with Crippen LogP contribution in [0.15, 0.2) is 0 Å². The fourth-order valence-electron chi connectivity index (χ4n) is 6.29. The van der Waals surface area contributed by atoms with Gasteiger partial charge in [-0.1, -0.05) is 19.3 Å². The molecule has 0 atom stereocenters. The van der Waals surface area contributed by atoms with Crippen LogP contribution in [0.2, 0.25) is 0 Å². The summed E-state index contributed by atoms with van der Waals surface area (Å²) < 4.78 is 0. The van der Waals surface area contributed by atoms with Crippen LogP contribution < -0.4 is 5.32 Å². The van der Waals surface area contributed by atoms with Crippen molar-refractivity contribution in [2.45, 2.75) is 70.6 Å². The molecule has 0 radical (unpaired) electrons. The zero-order valence-corrected chi connectivity index (χ0v) is 12.7. The average Bonchev–Trinajstić information content (AvgIpc) is 2.44. The number of rotatable bonds is 3. The smallest absolute Gasteiger partial charge is 0.223 e. The Balaban J connectivity index is 1.36. The van der Waals surface area contributed by atoms with Crippen LogP contribution in [0, 0.1) is 29.1 Å². The Hall–Kier alpha value is -0.530. The van der Waals surface area contributed by atoms with E-state index in [1.165, 1.54) is 57.8 Å². The first kappa shape index (κ1) is 13.2. The molecular weight excluding hydrogens is 246 g/mol. The van der Waals surface area contributed by atoms with Gasteiger partial charge in [-0.3, -0.25) is 4.79 Å². The van der Waals surface area contributed by atoms with E-state index in [4.69, 9.17) is 0 Å². The van der Waals surface area contributed by atoms with E-state index in [-0.39, 0.29) is 0 Å². The molecule has 4 bridgehead atoms. The summed E-state index contributed by atoms with van der Waals surface area (Å²) in [6, 6.07) is 0. The quantitative estimate of drug-likeness (QED) is 0.831. The molecule has 5 rings (SSSR count). The van der Waals surface area contributed by atoms with E-state index in [0.29, 0.717) is 17.2 Å². The van der Waals surface area contributed by atoms with E-state index in [1.807, 2.05) is 0 Å². The predicted octanol–water partition coefficient (Wildman–Crippen LogP) is 3.90. The molecule has 0 aliphatic heterocycles. The van der Waals surface area contributed by atoms with E-state index in [2.05, 4.69) is 5.32 Å². The number of amides is 1. The molecule has 0 unspecified atom stereocenters. The monoisotopic (exact) mass is 275 g/mol. The molecule has 0 spiro atoms. The Bertz CT molecular complexity index is 348. The summed E-state index contributed by atoms with van der Waals surface area (Å²) in [5, 5.41) is 3.37. The number of carbonyl (C=O) groups excluding carboxylic acids is 1. The van der Waals surface area contributed by atoms with Gasteiger partial charge in [0.05, 0.1) is 0 Å². The highest BCUT2D eigenvalue weighted by atomic mass is 16.1. The van der Waals surface area contributed by atoms with Crippen LogP contribution in [0.1, 0.15) is 70.6 Å². The van der Waals surface area contributed by atoms with Crippen LogP contribution in [0.3, 0.4) is 0 Å². The van der Waals surface area contributed by atoms with Crippen LogP contribution in [-0.4, -0.2) is 12.5 Å². The fourth-order valence-corrected chi connectivity index (χ4v) is 6.29. The van der Waals surface area contributed by atoms with Gasteiger partial charge in [-0.25, -0.2) is 0 Å². The van der Waals surface area contributed by atoms with E-state index in [9.17, 15) is 4.79 Å². The second-order valence-electron chi connectivity index (χ2n) is 8.47. The molecule has 0 saturated heterocycles. The van der Waals surface area contributed by atoms with Crippen LogP contribution in [0.4, 0.5) is 0 Å². The SMILES string of the molecule is O=C(NCC12CC3CC(CC(C3)C1)C2)C1CCCCC1. The molecule has 112 valence electrons. The first-order valence-electron chi connectivity index (χ1n) is 9.00. The lowest BCUT2D eigenvalue weighted by Crippen LogP contribution is -2.51.